The SMILES string of the molecule is CN1C(=O)[C@](C)(C[N+](=O)[O-])c2cc(F)ccc21. The second kappa shape index (κ2) is 3.51. The van der Waals surface area contributed by atoms with Crippen molar-refractivity contribution < 1.29 is 14.1 Å². The molecule has 0 bridgehead atoms. The number of fused-ring (bicyclic) bond motifs is 1. The van der Waals surface area contributed by atoms with E-state index in [1.165, 1.54) is 37.1 Å². The largest absolute Gasteiger partial charge is 0.314 e. The molecule has 17 heavy (non-hydrogen) atoms. The summed E-state index contributed by atoms with van der Waals surface area (Å²) in [6.45, 7) is 0.937. The summed E-state index contributed by atoms with van der Waals surface area (Å²) >= 11 is 0. The lowest BCUT2D eigenvalue weighted by atomic mass is 9.84. The Labute approximate surface area is 97.0 Å². The molecule has 1 aromatic rings. The Morgan fingerprint density at radius 1 is 1.53 bits per heavy atom. The maximum atomic E-state index is 13.2. The standard InChI is InChI=1S/C11H11FN2O3/c1-11(6-14(16)17)8-5-7(12)3-4-9(8)13(2)10(11)15/h3-5H,6H2,1-2H3/t11-/m1/s1. The Balaban J connectivity index is 2.60. The molecular weight excluding hydrogens is 227 g/mol. The summed E-state index contributed by atoms with van der Waals surface area (Å²) < 4.78 is 13.2. The first-order chi connectivity index (χ1) is 7.86. The molecule has 1 heterocycles. The summed E-state index contributed by atoms with van der Waals surface area (Å²) in [7, 11) is 1.53. The Kier molecular flexibility index (Phi) is 2.38. The summed E-state index contributed by atoms with van der Waals surface area (Å²) in [6.07, 6.45) is 0. The number of anilines is 1. The average Bonchev–Trinajstić information content (AvgIpc) is 2.41. The van der Waals surface area contributed by atoms with Crippen LogP contribution in [-0.2, 0) is 10.2 Å². The van der Waals surface area contributed by atoms with Crippen LogP contribution in [0.25, 0.3) is 0 Å². The van der Waals surface area contributed by atoms with Gasteiger partial charge in [0.2, 0.25) is 12.5 Å². The van der Waals surface area contributed by atoms with Gasteiger partial charge in [-0.25, -0.2) is 4.39 Å². The van der Waals surface area contributed by atoms with Crippen molar-refractivity contribution in [2.75, 3.05) is 18.5 Å². The lowest BCUT2D eigenvalue weighted by Crippen LogP contribution is -2.41. The molecule has 2 rings (SSSR count). The highest BCUT2D eigenvalue weighted by molar-refractivity contribution is 6.07. The number of hydrogen-bond acceptors (Lipinski definition) is 3. The van der Waals surface area contributed by atoms with Crippen molar-refractivity contribution in [1.82, 2.24) is 0 Å². The third-order valence-corrected chi connectivity index (χ3v) is 3.14. The topological polar surface area (TPSA) is 63.5 Å². The summed E-state index contributed by atoms with van der Waals surface area (Å²) in [4.78, 5) is 23.5. The fraction of sp³-hybridized carbons (Fsp3) is 0.364. The minimum Gasteiger partial charge on any atom is -0.314 e. The fourth-order valence-corrected chi connectivity index (χ4v) is 2.25. The van der Waals surface area contributed by atoms with Crippen LogP contribution in [0.5, 0.6) is 0 Å². The van der Waals surface area contributed by atoms with Gasteiger partial charge in [0.25, 0.3) is 0 Å². The van der Waals surface area contributed by atoms with Crippen molar-refractivity contribution in [1.29, 1.82) is 0 Å². The molecule has 0 fully saturated rings. The molecule has 1 aliphatic rings. The lowest BCUT2D eigenvalue weighted by molar-refractivity contribution is -0.487. The number of likely N-dealkylation sites (N-methyl/N-ethyl adjacent to an activating group) is 1. The van der Waals surface area contributed by atoms with Crippen LogP contribution >= 0.6 is 0 Å². The molecule has 1 aromatic carbocycles. The zero-order valence-corrected chi connectivity index (χ0v) is 9.44. The molecule has 1 aliphatic heterocycles. The van der Waals surface area contributed by atoms with E-state index in [0.717, 1.165) is 0 Å². The van der Waals surface area contributed by atoms with Gasteiger partial charge in [-0.3, -0.25) is 14.9 Å². The summed E-state index contributed by atoms with van der Waals surface area (Å²) in [5.74, 6) is -0.878. The van der Waals surface area contributed by atoms with E-state index in [9.17, 15) is 19.3 Å². The van der Waals surface area contributed by atoms with Crippen LogP contribution in [0.2, 0.25) is 0 Å². The fourth-order valence-electron chi connectivity index (χ4n) is 2.25. The quantitative estimate of drug-likeness (QED) is 0.577. The first kappa shape index (κ1) is 11.5. The summed E-state index contributed by atoms with van der Waals surface area (Å²) in [5, 5.41) is 10.6. The van der Waals surface area contributed by atoms with E-state index in [1.807, 2.05) is 0 Å². The molecule has 0 unspecified atom stereocenters. The Morgan fingerprint density at radius 2 is 2.18 bits per heavy atom. The van der Waals surface area contributed by atoms with Gasteiger partial charge >= 0.3 is 0 Å². The molecule has 0 saturated heterocycles. The predicted molar refractivity (Wildman–Crippen MR) is 59.0 cm³/mol. The van der Waals surface area contributed by atoms with Crippen molar-refractivity contribution in [2.24, 2.45) is 0 Å². The van der Waals surface area contributed by atoms with Crippen molar-refractivity contribution in [3.8, 4) is 0 Å². The number of nitro groups is 1. The van der Waals surface area contributed by atoms with Crippen LogP contribution in [0.15, 0.2) is 18.2 Å². The highest BCUT2D eigenvalue weighted by atomic mass is 19.1. The van der Waals surface area contributed by atoms with Gasteiger partial charge in [-0.1, -0.05) is 0 Å². The van der Waals surface area contributed by atoms with Crippen LogP contribution in [0.3, 0.4) is 0 Å². The normalized spacial score (nSPS) is 22.8. The first-order valence-electron chi connectivity index (χ1n) is 5.06. The van der Waals surface area contributed by atoms with Crippen LogP contribution < -0.4 is 4.90 Å². The van der Waals surface area contributed by atoms with Gasteiger partial charge < -0.3 is 4.90 Å². The maximum Gasteiger partial charge on any atom is 0.243 e. The van der Waals surface area contributed by atoms with E-state index in [1.54, 1.807) is 0 Å². The molecule has 0 N–H and O–H groups in total. The number of halogens is 1. The molecule has 6 heteroatoms. The summed E-state index contributed by atoms with van der Waals surface area (Å²) in [6, 6.07) is 3.90. The van der Waals surface area contributed by atoms with E-state index in [4.69, 9.17) is 0 Å². The smallest absolute Gasteiger partial charge is 0.243 e. The molecule has 0 saturated carbocycles. The van der Waals surface area contributed by atoms with Crippen LogP contribution in [-0.4, -0.2) is 24.4 Å². The second-order valence-electron chi connectivity index (χ2n) is 4.35. The van der Waals surface area contributed by atoms with Gasteiger partial charge in [0.1, 0.15) is 11.2 Å². The minimum atomic E-state index is -1.28. The number of amides is 1. The predicted octanol–water partition coefficient (Wildman–Crippen LogP) is 1.34. The number of carbonyl (C=O) groups excluding carboxylic acids is 1. The lowest BCUT2D eigenvalue weighted by Gasteiger charge is -2.17. The van der Waals surface area contributed by atoms with E-state index in [0.29, 0.717) is 11.3 Å². The molecule has 0 aromatic heterocycles. The van der Waals surface area contributed by atoms with Crippen molar-refractivity contribution in [3.05, 3.63) is 39.7 Å². The van der Waals surface area contributed by atoms with E-state index in [-0.39, 0.29) is 5.91 Å². The Morgan fingerprint density at radius 3 is 2.76 bits per heavy atom. The highest BCUT2D eigenvalue weighted by Gasteiger charge is 2.50. The maximum absolute atomic E-state index is 13.2. The van der Waals surface area contributed by atoms with Gasteiger partial charge in [-0.15, -0.1) is 0 Å². The monoisotopic (exact) mass is 238 g/mol. The molecule has 1 atom stereocenters. The van der Waals surface area contributed by atoms with Gasteiger partial charge in [0.15, 0.2) is 0 Å². The zero-order chi connectivity index (χ0) is 12.8. The zero-order valence-electron chi connectivity index (χ0n) is 9.44. The molecule has 0 radical (unpaired) electrons. The van der Waals surface area contributed by atoms with Gasteiger partial charge in [-0.05, 0) is 25.1 Å². The number of rotatable bonds is 2. The van der Waals surface area contributed by atoms with Gasteiger partial charge in [-0.2, -0.15) is 0 Å². The van der Waals surface area contributed by atoms with Crippen LogP contribution in [0.4, 0.5) is 10.1 Å². The molecule has 0 aliphatic carbocycles. The van der Waals surface area contributed by atoms with Crippen LogP contribution in [0, 0.1) is 15.9 Å². The number of nitrogens with zero attached hydrogens (tertiary/aromatic N) is 2. The van der Waals surface area contributed by atoms with E-state index in [2.05, 4.69) is 0 Å². The van der Waals surface area contributed by atoms with E-state index < -0.39 is 22.7 Å². The average molecular weight is 238 g/mol. The molecule has 5 nitrogen and oxygen atoms in total. The molecule has 1 amide bonds. The number of hydrogen-bond donors (Lipinski definition) is 0. The van der Waals surface area contributed by atoms with E-state index >= 15 is 0 Å². The highest BCUT2D eigenvalue weighted by Crippen LogP contribution is 2.41. The second-order valence-corrected chi connectivity index (χ2v) is 4.35. The summed E-state index contributed by atoms with van der Waals surface area (Å²) in [5.41, 5.74) is -0.377. The number of carbonyl (C=O) groups is 1. The van der Waals surface area contributed by atoms with Crippen LogP contribution in [0.1, 0.15) is 12.5 Å². The number of benzene rings is 1. The van der Waals surface area contributed by atoms with Crippen molar-refractivity contribution in [3.63, 3.8) is 0 Å². The molecule has 90 valence electrons. The van der Waals surface area contributed by atoms with Gasteiger partial charge in [0, 0.05) is 23.2 Å². The first-order valence-corrected chi connectivity index (χ1v) is 5.06. The Hall–Kier alpha value is -1.98. The van der Waals surface area contributed by atoms with Crippen molar-refractivity contribution in [2.45, 2.75) is 12.3 Å². The van der Waals surface area contributed by atoms with Crippen molar-refractivity contribution >= 4 is 11.6 Å². The third kappa shape index (κ3) is 1.56. The van der Waals surface area contributed by atoms with Gasteiger partial charge in [0.05, 0.1) is 0 Å². The minimum absolute atomic E-state index is 0.377. The molecular formula is C11H11FN2O3. The molecule has 0 spiro atoms. The third-order valence-electron chi connectivity index (χ3n) is 3.14. The Bertz CT molecular complexity index is 517.